The second kappa shape index (κ2) is 6.55. The number of nitrogens with two attached hydrogens (primary N) is 1. The molecule has 0 saturated heterocycles. The van der Waals surface area contributed by atoms with Crippen molar-refractivity contribution in [3.05, 3.63) is 22.2 Å². The van der Waals surface area contributed by atoms with E-state index in [0.717, 1.165) is 0 Å². The molecule has 0 radical (unpaired) electrons. The second-order valence-corrected chi connectivity index (χ2v) is 7.28. The number of carbonyl (C=O) groups excluding carboxylic acids is 1. The average Bonchev–Trinajstić information content (AvgIpc) is 2.30. The number of halogens is 1. The van der Waals surface area contributed by atoms with Crippen LogP contribution in [0, 0.1) is 6.92 Å². The van der Waals surface area contributed by atoms with Crippen molar-refractivity contribution in [2.24, 2.45) is 0 Å². The zero-order valence-electron chi connectivity index (χ0n) is 11.5. The Morgan fingerprint density at radius 1 is 1.40 bits per heavy atom. The van der Waals surface area contributed by atoms with Gasteiger partial charge in [-0.15, -0.1) is 0 Å². The third kappa shape index (κ3) is 4.46. The molecule has 0 saturated carbocycles. The zero-order valence-corrected chi connectivity index (χ0v) is 13.9. The van der Waals surface area contributed by atoms with Crippen LogP contribution in [0.25, 0.3) is 0 Å². The van der Waals surface area contributed by atoms with Gasteiger partial charge < -0.3 is 11.1 Å². The van der Waals surface area contributed by atoms with Gasteiger partial charge in [0, 0.05) is 16.2 Å². The number of aryl methyl sites for hydroxylation is 1. The Kier molecular flexibility index (Phi) is 5.55. The lowest BCUT2D eigenvalue weighted by Crippen LogP contribution is -2.39. The number of benzene rings is 1. The molecule has 0 unspecified atom stereocenters. The summed E-state index contributed by atoms with van der Waals surface area (Å²) in [6.07, 6.45) is 0. The van der Waals surface area contributed by atoms with Crippen molar-refractivity contribution in [1.29, 1.82) is 0 Å². The summed E-state index contributed by atoms with van der Waals surface area (Å²) in [6, 6.07) is 2.94. The van der Waals surface area contributed by atoms with E-state index in [1.807, 2.05) is 0 Å². The summed E-state index contributed by atoms with van der Waals surface area (Å²) < 4.78 is 27.2. The molecule has 0 atom stereocenters. The minimum atomic E-state index is -3.77. The van der Waals surface area contributed by atoms with E-state index in [4.69, 9.17) is 5.73 Å². The highest BCUT2D eigenvalue weighted by atomic mass is 79.9. The van der Waals surface area contributed by atoms with Gasteiger partial charge in [0.25, 0.3) is 0 Å². The molecule has 0 aliphatic heterocycles. The zero-order chi connectivity index (χ0) is 15.5. The molecule has 1 rings (SSSR count). The fraction of sp³-hybridized carbons (Fsp3) is 0.417. The lowest BCUT2D eigenvalue weighted by atomic mass is 10.2. The smallest absolute Gasteiger partial charge is 0.241 e. The van der Waals surface area contributed by atoms with Crippen LogP contribution < -0.4 is 15.8 Å². The molecular weight excluding hydrogens is 346 g/mol. The minimum absolute atomic E-state index is 0.0444. The normalized spacial score (nSPS) is 11.7. The molecule has 112 valence electrons. The predicted octanol–water partition coefficient (Wildman–Crippen LogP) is 1.14. The summed E-state index contributed by atoms with van der Waals surface area (Å²) in [4.78, 5) is 11.5. The summed E-state index contributed by atoms with van der Waals surface area (Å²) in [5.41, 5.74) is 6.56. The van der Waals surface area contributed by atoms with Gasteiger partial charge in [0.2, 0.25) is 15.9 Å². The summed E-state index contributed by atoms with van der Waals surface area (Å²) in [6.45, 7) is 4.95. The summed E-state index contributed by atoms with van der Waals surface area (Å²) >= 11 is 3.23. The van der Waals surface area contributed by atoms with Crippen LogP contribution in [0.2, 0.25) is 0 Å². The van der Waals surface area contributed by atoms with Crippen molar-refractivity contribution >= 4 is 37.5 Å². The molecule has 4 N–H and O–H groups in total. The first kappa shape index (κ1) is 16.9. The maximum atomic E-state index is 12.1. The van der Waals surface area contributed by atoms with E-state index < -0.39 is 10.0 Å². The lowest BCUT2D eigenvalue weighted by Gasteiger charge is -2.12. The first-order valence-electron chi connectivity index (χ1n) is 5.98. The predicted molar refractivity (Wildman–Crippen MR) is 81.8 cm³/mol. The van der Waals surface area contributed by atoms with E-state index in [1.165, 1.54) is 6.07 Å². The first-order valence-corrected chi connectivity index (χ1v) is 8.25. The van der Waals surface area contributed by atoms with Gasteiger partial charge in [0.1, 0.15) is 0 Å². The fourth-order valence-corrected chi connectivity index (χ4v) is 3.27. The molecule has 1 aromatic rings. The van der Waals surface area contributed by atoms with Gasteiger partial charge in [-0.2, -0.15) is 0 Å². The Balaban J connectivity index is 2.90. The third-order valence-electron chi connectivity index (χ3n) is 2.46. The van der Waals surface area contributed by atoms with Gasteiger partial charge >= 0.3 is 0 Å². The highest BCUT2D eigenvalue weighted by Gasteiger charge is 2.19. The highest BCUT2D eigenvalue weighted by molar-refractivity contribution is 9.10. The van der Waals surface area contributed by atoms with Gasteiger partial charge in [0.05, 0.1) is 11.4 Å². The second-order valence-electron chi connectivity index (χ2n) is 4.69. The monoisotopic (exact) mass is 363 g/mol. The van der Waals surface area contributed by atoms with Crippen LogP contribution in [0.1, 0.15) is 19.4 Å². The Labute approximate surface area is 127 Å². The topological polar surface area (TPSA) is 101 Å². The van der Waals surface area contributed by atoms with Gasteiger partial charge in [-0.25, -0.2) is 13.1 Å². The number of nitrogens with one attached hydrogen (secondary N) is 2. The van der Waals surface area contributed by atoms with Crippen LogP contribution in [0.15, 0.2) is 21.5 Å². The van der Waals surface area contributed by atoms with Gasteiger partial charge in [-0.1, -0.05) is 0 Å². The fourth-order valence-electron chi connectivity index (χ4n) is 1.57. The number of amides is 1. The minimum Gasteiger partial charge on any atom is -0.398 e. The first-order chi connectivity index (χ1) is 9.13. The van der Waals surface area contributed by atoms with Crippen LogP contribution in [0.3, 0.4) is 0 Å². The average molecular weight is 364 g/mol. The number of nitrogen functional groups attached to an aromatic ring is 1. The standard InChI is InChI=1S/C12H18BrN3O3S/c1-7(2)16-12(17)6-15-20(18,19)11-5-10(14)9(13)4-8(11)3/h4-5,7,15H,6,14H2,1-3H3,(H,16,17). The molecule has 20 heavy (non-hydrogen) atoms. The molecule has 0 bridgehead atoms. The summed E-state index contributed by atoms with van der Waals surface area (Å²) in [5, 5.41) is 2.60. The number of hydrogen-bond donors (Lipinski definition) is 3. The Bertz CT molecular complexity index is 615. The van der Waals surface area contributed by atoms with E-state index in [2.05, 4.69) is 26.0 Å². The van der Waals surface area contributed by atoms with Crippen LogP contribution in [0.5, 0.6) is 0 Å². The molecule has 6 nitrogen and oxygen atoms in total. The number of hydrogen-bond acceptors (Lipinski definition) is 4. The molecular formula is C12H18BrN3O3S. The van der Waals surface area contributed by atoms with E-state index in [0.29, 0.717) is 15.7 Å². The summed E-state index contributed by atoms with van der Waals surface area (Å²) in [5.74, 6) is -0.383. The maximum Gasteiger partial charge on any atom is 0.241 e. The van der Waals surface area contributed by atoms with E-state index in [9.17, 15) is 13.2 Å². The Morgan fingerprint density at radius 3 is 2.55 bits per heavy atom. The molecule has 0 aliphatic rings. The largest absolute Gasteiger partial charge is 0.398 e. The molecule has 8 heteroatoms. The molecule has 0 aromatic heterocycles. The van der Waals surface area contributed by atoms with Crippen LogP contribution in [0.4, 0.5) is 5.69 Å². The Hall–Kier alpha value is -1.12. The molecule has 0 aliphatic carbocycles. The third-order valence-corrected chi connectivity index (χ3v) is 4.69. The highest BCUT2D eigenvalue weighted by Crippen LogP contribution is 2.26. The Morgan fingerprint density at radius 2 is 2.00 bits per heavy atom. The molecule has 1 aromatic carbocycles. The molecule has 1 amide bonds. The molecule has 0 fully saturated rings. The van der Waals surface area contributed by atoms with Crippen molar-refractivity contribution in [3.8, 4) is 0 Å². The summed E-state index contributed by atoms with van der Waals surface area (Å²) in [7, 11) is -3.77. The van der Waals surface area contributed by atoms with Crippen LogP contribution in [-0.4, -0.2) is 26.9 Å². The lowest BCUT2D eigenvalue weighted by molar-refractivity contribution is -0.120. The quantitative estimate of drug-likeness (QED) is 0.682. The molecule has 0 spiro atoms. The van der Waals surface area contributed by atoms with Crippen molar-refractivity contribution in [2.75, 3.05) is 12.3 Å². The van der Waals surface area contributed by atoms with E-state index >= 15 is 0 Å². The number of anilines is 1. The van der Waals surface area contributed by atoms with E-state index in [-0.39, 0.29) is 23.4 Å². The van der Waals surface area contributed by atoms with Crippen LogP contribution in [-0.2, 0) is 14.8 Å². The van der Waals surface area contributed by atoms with Crippen molar-refractivity contribution < 1.29 is 13.2 Å². The number of rotatable bonds is 5. The van der Waals surface area contributed by atoms with E-state index in [1.54, 1.807) is 26.8 Å². The van der Waals surface area contributed by atoms with Gasteiger partial charge in [-0.3, -0.25) is 4.79 Å². The van der Waals surface area contributed by atoms with Crippen LogP contribution >= 0.6 is 15.9 Å². The molecule has 0 heterocycles. The van der Waals surface area contributed by atoms with Crippen molar-refractivity contribution in [2.45, 2.75) is 31.7 Å². The number of carbonyl (C=O) groups is 1. The van der Waals surface area contributed by atoms with Crippen molar-refractivity contribution in [3.63, 3.8) is 0 Å². The van der Waals surface area contributed by atoms with Gasteiger partial charge in [0.15, 0.2) is 0 Å². The number of sulfonamides is 1. The van der Waals surface area contributed by atoms with Crippen molar-refractivity contribution in [1.82, 2.24) is 10.0 Å². The SMILES string of the molecule is Cc1cc(Br)c(N)cc1S(=O)(=O)NCC(=O)NC(C)C. The van der Waals surface area contributed by atoms with Gasteiger partial charge in [-0.05, 0) is 54.4 Å². The maximum absolute atomic E-state index is 12.1.